The summed E-state index contributed by atoms with van der Waals surface area (Å²) in [5.41, 5.74) is 0.373. The van der Waals surface area contributed by atoms with Gasteiger partial charge in [0.25, 0.3) is 0 Å². The van der Waals surface area contributed by atoms with Gasteiger partial charge in [0, 0.05) is 18.3 Å². The number of carboxylic acid groups (broad SMARTS) is 1. The van der Waals surface area contributed by atoms with Crippen molar-refractivity contribution >= 4 is 11.8 Å². The molecule has 0 amide bonds. The summed E-state index contributed by atoms with van der Waals surface area (Å²) in [5.74, 6) is -1.77. The van der Waals surface area contributed by atoms with Gasteiger partial charge in [-0.3, -0.25) is 4.79 Å². The highest BCUT2D eigenvalue weighted by Gasteiger charge is 2.35. The number of benzene rings is 1. The monoisotopic (exact) mass is 290 g/mol. The molecule has 0 aliphatic carbocycles. The maximum atomic E-state index is 11.4. The van der Waals surface area contributed by atoms with Gasteiger partial charge in [-0.25, -0.2) is 4.79 Å². The molecule has 1 aliphatic heterocycles. The maximum Gasteiger partial charge on any atom is 0.372 e. The number of allylic oxidation sites excluding steroid dienone is 1. The molecule has 0 bridgehead atoms. The van der Waals surface area contributed by atoms with Gasteiger partial charge >= 0.3 is 5.97 Å². The predicted octanol–water partition coefficient (Wildman–Crippen LogP) is 2.51. The number of ketones is 1. The summed E-state index contributed by atoms with van der Waals surface area (Å²) in [6.45, 7) is 3.52. The summed E-state index contributed by atoms with van der Waals surface area (Å²) in [7, 11) is 0. The second-order valence-electron chi connectivity index (χ2n) is 5.64. The largest absolute Gasteiger partial charge is 0.476 e. The van der Waals surface area contributed by atoms with Crippen LogP contribution in [0, 0.1) is 5.41 Å². The van der Waals surface area contributed by atoms with E-state index in [2.05, 4.69) is 0 Å². The average molecular weight is 290 g/mol. The molecule has 1 unspecified atom stereocenters. The molecule has 0 spiro atoms. The van der Waals surface area contributed by atoms with E-state index in [1.807, 2.05) is 30.3 Å². The number of rotatable bonds is 6. The molecule has 2 rings (SSSR count). The summed E-state index contributed by atoms with van der Waals surface area (Å²) in [4.78, 5) is 22.0. The van der Waals surface area contributed by atoms with Crippen LogP contribution >= 0.6 is 0 Å². The minimum absolute atomic E-state index is 0.129. The molecular formula is C16H18O5. The van der Waals surface area contributed by atoms with Crippen molar-refractivity contribution in [3.63, 3.8) is 0 Å². The van der Waals surface area contributed by atoms with E-state index in [-0.39, 0.29) is 6.42 Å². The fourth-order valence-electron chi connectivity index (χ4n) is 2.11. The van der Waals surface area contributed by atoms with Crippen LogP contribution in [0.15, 0.2) is 42.4 Å². The van der Waals surface area contributed by atoms with E-state index in [0.29, 0.717) is 12.2 Å². The van der Waals surface area contributed by atoms with Crippen molar-refractivity contribution < 1.29 is 24.2 Å². The second kappa shape index (κ2) is 5.99. The summed E-state index contributed by atoms with van der Waals surface area (Å²) >= 11 is 0. The first-order valence-electron chi connectivity index (χ1n) is 6.71. The number of carbonyl (C=O) groups excluding carboxylic acids is 1. The van der Waals surface area contributed by atoms with Gasteiger partial charge in [-0.05, 0) is 5.56 Å². The van der Waals surface area contributed by atoms with Crippen molar-refractivity contribution in [2.45, 2.75) is 33.0 Å². The first-order valence-corrected chi connectivity index (χ1v) is 6.71. The lowest BCUT2D eigenvalue weighted by Crippen LogP contribution is -2.26. The normalized spacial score (nSPS) is 17.6. The molecule has 0 saturated heterocycles. The van der Waals surface area contributed by atoms with Crippen molar-refractivity contribution in [1.29, 1.82) is 0 Å². The molecule has 21 heavy (non-hydrogen) atoms. The van der Waals surface area contributed by atoms with Gasteiger partial charge in [0.05, 0.1) is 0 Å². The van der Waals surface area contributed by atoms with Crippen LogP contribution in [0.5, 0.6) is 0 Å². The first kappa shape index (κ1) is 15.1. The lowest BCUT2D eigenvalue weighted by molar-refractivity contribution is -0.150. The van der Waals surface area contributed by atoms with Crippen LogP contribution in [0.1, 0.15) is 25.8 Å². The van der Waals surface area contributed by atoms with Crippen LogP contribution in [-0.4, -0.2) is 23.1 Å². The van der Waals surface area contributed by atoms with Crippen molar-refractivity contribution in [2.24, 2.45) is 5.41 Å². The summed E-state index contributed by atoms with van der Waals surface area (Å²) < 4.78 is 11.2. The van der Waals surface area contributed by atoms with E-state index in [1.54, 1.807) is 13.8 Å². The third kappa shape index (κ3) is 3.84. The SMILES string of the molecule is CC(C)(CC(=O)C(=O)O)C1=COC(Cc2ccccc2)O1. The highest BCUT2D eigenvalue weighted by Crippen LogP contribution is 2.36. The Balaban J connectivity index is 1.94. The van der Waals surface area contributed by atoms with Crippen molar-refractivity contribution in [1.82, 2.24) is 0 Å². The Kier molecular flexibility index (Phi) is 4.31. The Labute approximate surface area is 123 Å². The molecule has 1 aliphatic rings. The standard InChI is InChI=1S/C16H18O5/c1-16(2,9-12(17)15(18)19)13-10-20-14(21-13)8-11-6-4-3-5-7-11/h3-7,10,14H,8-9H2,1-2H3,(H,18,19). The molecule has 5 nitrogen and oxygen atoms in total. The summed E-state index contributed by atoms with van der Waals surface area (Å²) in [5, 5.41) is 8.69. The summed E-state index contributed by atoms with van der Waals surface area (Å²) in [6.07, 6.45) is 1.49. The number of hydrogen-bond acceptors (Lipinski definition) is 4. The number of hydrogen-bond donors (Lipinski definition) is 1. The molecule has 1 N–H and O–H groups in total. The zero-order valence-electron chi connectivity index (χ0n) is 12.0. The van der Waals surface area contributed by atoms with Crippen molar-refractivity contribution in [2.75, 3.05) is 0 Å². The van der Waals surface area contributed by atoms with Crippen molar-refractivity contribution in [3.05, 3.63) is 47.9 Å². The summed E-state index contributed by atoms with van der Waals surface area (Å²) in [6, 6.07) is 9.76. The number of aliphatic carboxylic acids is 1. The van der Waals surface area contributed by atoms with Gasteiger partial charge in [-0.2, -0.15) is 0 Å². The Morgan fingerprint density at radius 1 is 1.24 bits per heavy atom. The highest BCUT2D eigenvalue weighted by atomic mass is 16.7. The number of carboxylic acids is 1. The highest BCUT2D eigenvalue weighted by molar-refractivity contribution is 6.32. The quantitative estimate of drug-likeness (QED) is 0.815. The third-order valence-electron chi connectivity index (χ3n) is 3.34. The number of carbonyl (C=O) groups is 2. The van der Waals surface area contributed by atoms with E-state index in [9.17, 15) is 9.59 Å². The third-order valence-corrected chi connectivity index (χ3v) is 3.34. The van der Waals surface area contributed by atoms with E-state index in [0.717, 1.165) is 5.56 Å². The molecule has 1 atom stereocenters. The molecule has 112 valence electrons. The molecule has 5 heteroatoms. The fourth-order valence-corrected chi connectivity index (χ4v) is 2.11. The van der Waals surface area contributed by atoms with Crippen LogP contribution < -0.4 is 0 Å². The lowest BCUT2D eigenvalue weighted by atomic mass is 9.85. The van der Waals surface area contributed by atoms with Crippen LogP contribution in [0.3, 0.4) is 0 Å². The first-order chi connectivity index (χ1) is 9.88. The van der Waals surface area contributed by atoms with Crippen LogP contribution in [0.2, 0.25) is 0 Å². The Hall–Kier alpha value is -2.30. The maximum absolute atomic E-state index is 11.4. The fraction of sp³-hybridized carbons (Fsp3) is 0.375. The van der Waals surface area contributed by atoms with E-state index < -0.39 is 23.5 Å². The molecule has 0 fully saturated rings. The second-order valence-corrected chi connectivity index (χ2v) is 5.64. The Morgan fingerprint density at radius 2 is 1.90 bits per heavy atom. The van der Waals surface area contributed by atoms with Crippen LogP contribution in [-0.2, 0) is 25.5 Å². The molecule has 1 aromatic carbocycles. The number of ether oxygens (including phenoxy) is 2. The molecule has 1 aromatic rings. The van der Waals surface area contributed by atoms with E-state index in [1.165, 1.54) is 6.26 Å². The van der Waals surface area contributed by atoms with Gasteiger partial charge in [-0.15, -0.1) is 0 Å². The molecule has 0 radical (unpaired) electrons. The zero-order chi connectivity index (χ0) is 15.5. The van der Waals surface area contributed by atoms with Gasteiger partial charge in [-0.1, -0.05) is 44.2 Å². The van der Waals surface area contributed by atoms with Gasteiger partial charge in [0.1, 0.15) is 12.0 Å². The van der Waals surface area contributed by atoms with Gasteiger partial charge in [0.15, 0.2) is 0 Å². The average Bonchev–Trinajstić information content (AvgIpc) is 2.88. The predicted molar refractivity (Wildman–Crippen MR) is 75.2 cm³/mol. The zero-order valence-corrected chi connectivity index (χ0v) is 12.0. The molecule has 1 heterocycles. The smallest absolute Gasteiger partial charge is 0.372 e. The van der Waals surface area contributed by atoms with E-state index in [4.69, 9.17) is 14.6 Å². The molecule has 0 saturated carbocycles. The lowest BCUT2D eigenvalue weighted by Gasteiger charge is -2.24. The Bertz CT molecular complexity index is 559. The van der Waals surface area contributed by atoms with Crippen LogP contribution in [0.4, 0.5) is 0 Å². The Morgan fingerprint density at radius 3 is 2.52 bits per heavy atom. The van der Waals surface area contributed by atoms with E-state index >= 15 is 0 Å². The van der Waals surface area contributed by atoms with Gasteiger partial charge in [0.2, 0.25) is 12.1 Å². The molecular weight excluding hydrogens is 272 g/mol. The van der Waals surface area contributed by atoms with Crippen molar-refractivity contribution in [3.8, 4) is 0 Å². The topological polar surface area (TPSA) is 72.8 Å². The molecule has 0 aromatic heterocycles. The minimum Gasteiger partial charge on any atom is -0.476 e. The van der Waals surface area contributed by atoms with Gasteiger partial charge < -0.3 is 14.6 Å². The number of Topliss-reactive ketones (excluding diaryl/α,β-unsaturated/α-hetero) is 1. The van der Waals surface area contributed by atoms with Crippen LogP contribution in [0.25, 0.3) is 0 Å². The minimum atomic E-state index is -1.43.